The third-order valence-corrected chi connectivity index (χ3v) is 6.88. The Hall–Kier alpha value is -2.28. The second-order valence-corrected chi connectivity index (χ2v) is 8.58. The van der Waals surface area contributed by atoms with Crippen LogP contribution in [0.25, 0.3) is 0 Å². The van der Waals surface area contributed by atoms with Crippen molar-refractivity contribution < 1.29 is 9.90 Å². The monoisotopic (exact) mass is 367 g/mol. The Morgan fingerprint density at radius 2 is 2.00 bits per heavy atom. The molecule has 2 aliphatic carbocycles. The van der Waals surface area contributed by atoms with Crippen LogP contribution in [-0.4, -0.2) is 49.1 Å². The van der Waals surface area contributed by atoms with Gasteiger partial charge in [-0.25, -0.2) is 0 Å². The van der Waals surface area contributed by atoms with Gasteiger partial charge in [0.1, 0.15) is 0 Å². The van der Waals surface area contributed by atoms with Crippen molar-refractivity contribution in [2.75, 3.05) is 6.54 Å². The maximum Gasteiger partial charge on any atom is 0.226 e. The maximum absolute atomic E-state index is 13.1. The molecule has 5 rings (SSSR count). The van der Waals surface area contributed by atoms with Crippen molar-refractivity contribution in [1.82, 2.24) is 25.5 Å². The topological polar surface area (TPSA) is 95.0 Å². The number of nitrogens with zero attached hydrogens (tertiary/aromatic N) is 4. The molecular formula is C20H25N5O2. The van der Waals surface area contributed by atoms with Gasteiger partial charge >= 0.3 is 0 Å². The summed E-state index contributed by atoms with van der Waals surface area (Å²) in [5, 5.41) is 25.1. The van der Waals surface area contributed by atoms with Crippen LogP contribution in [0.5, 0.6) is 0 Å². The molecule has 2 atom stereocenters. The lowest BCUT2D eigenvalue weighted by atomic mass is 9.48. The second-order valence-electron chi connectivity index (χ2n) is 8.58. The lowest BCUT2D eigenvalue weighted by Gasteiger charge is -2.57. The van der Waals surface area contributed by atoms with Crippen LogP contribution in [0.15, 0.2) is 30.3 Å². The normalized spacial score (nSPS) is 33.5. The third kappa shape index (κ3) is 2.84. The van der Waals surface area contributed by atoms with E-state index in [1.54, 1.807) is 0 Å². The number of nitrogens with one attached hydrogen (secondary N) is 1. The minimum atomic E-state index is -0.599. The van der Waals surface area contributed by atoms with Crippen LogP contribution < -0.4 is 0 Å². The summed E-state index contributed by atoms with van der Waals surface area (Å²) in [5.74, 6) is 1.54. The first-order chi connectivity index (χ1) is 13.2. The molecule has 1 saturated heterocycles. The summed E-state index contributed by atoms with van der Waals surface area (Å²) in [6.45, 7) is 0.766. The molecule has 2 unspecified atom stereocenters. The molecule has 1 spiro atoms. The zero-order valence-electron chi connectivity index (χ0n) is 15.3. The highest BCUT2D eigenvalue weighted by atomic mass is 16.3. The fourth-order valence-electron chi connectivity index (χ4n) is 5.51. The van der Waals surface area contributed by atoms with Gasteiger partial charge in [0.05, 0.1) is 12.1 Å². The van der Waals surface area contributed by atoms with E-state index in [9.17, 15) is 9.90 Å². The molecule has 7 nitrogen and oxygen atoms in total. The standard InChI is InChI=1S/C20H25N5O2/c26-17(13-5-2-1-3-6-13)16-7-4-8-25(16)19(27)15-11-20(12-15)9-14(10-20)18-21-23-24-22-18/h1-3,5-6,14-17,26H,4,7-12H2,(H,21,22,23,24). The average Bonchev–Trinajstić information content (AvgIpc) is 3.31. The summed E-state index contributed by atoms with van der Waals surface area (Å²) in [6.07, 6.45) is 5.30. The number of hydrogen-bond acceptors (Lipinski definition) is 5. The van der Waals surface area contributed by atoms with Crippen LogP contribution in [0.4, 0.5) is 0 Å². The molecule has 1 aromatic carbocycles. The van der Waals surface area contributed by atoms with E-state index in [1.165, 1.54) is 0 Å². The number of amides is 1. The minimum Gasteiger partial charge on any atom is -0.386 e. The summed E-state index contributed by atoms with van der Waals surface area (Å²) in [5.41, 5.74) is 1.20. The third-order valence-electron chi connectivity index (χ3n) is 6.88. The van der Waals surface area contributed by atoms with Crippen LogP contribution in [0.3, 0.4) is 0 Å². The number of benzene rings is 1. The summed E-state index contributed by atoms with van der Waals surface area (Å²) in [6, 6.07) is 9.61. The van der Waals surface area contributed by atoms with Crippen molar-refractivity contribution in [3.63, 3.8) is 0 Å². The minimum absolute atomic E-state index is 0.0927. The Balaban J connectivity index is 1.19. The van der Waals surface area contributed by atoms with Gasteiger partial charge in [-0.3, -0.25) is 4.79 Å². The van der Waals surface area contributed by atoms with E-state index in [0.717, 1.165) is 56.5 Å². The van der Waals surface area contributed by atoms with Crippen LogP contribution in [0.1, 0.15) is 61.9 Å². The van der Waals surface area contributed by atoms with E-state index in [4.69, 9.17) is 0 Å². The van der Waals surface area contributed by atoms with Crippen molar-refractivity contribution in [2.45, 2.75) is 56.6 Å². The largest absolute Gasteiger partial charge is 0.386 e. The maximum atomic E-state index is 13.1. The number of tetrazole rings is 1. The quantitative estimate of drug-likeness (QED) is 0.864. The molecule has 2 heterocycles. The molecular weight excluding hydrogens is 342 g/mol. The zero-order chi connectivity index (χ0) is 18.4. The number of aliphatic hydroxyl groups excluding tert-OH is 1. The number of aromatic nitrogens is 4. The van der Waals surface area contributed by atoms with Gasteiger partial charge in [0.25, 0.3) is 0 Å². The van der Waals surface area contributed by atoms with Gasteiger partial charge in [-0.2, -0.15) is 5.21 Å². The van der Waals surface area contributed by atoms with Gasteiger partial charge in [0, 0.05) is 18.4 Å². The van der Waals surface area contributed by atoms with Crippen LogP contribution in [0.2, 0.25) is 0 Å². The molecule has 2 saturated carbocycles. The highest BCUT2D eigenvalue weighted by Crippen LogP contribution is 2.63. The zero-order valence-corrected chi connectivity index (χ0v) is 15.3. The fourth-order valence-corrected chi connectivity index (χ4v) is 5.51. The number of carbonyl (C=O) groups is 1. The molecule has 2 aromatic rings. The Morgan fingerprint density at radius 3 is 2.70 bits per heavy atom. The van der Waals surface area contributed by atoms with Crippen LogP contribution in [-0.2, 0) is 4.79 Å². The van der Waals surface area contributed by atoms with Gasteiger partial charge in [-0.1, -0.05) is 35.5 Å². The van der Waals surface area contributed by atoms with Crippen molar-refractivity contribution in [1.29, 1.82) is 0 Å². The summed E-state index contributed by atoms with van der Waals surface area (Å²) in [4.78, 5) is 15.0. The van der Waals surface area contributed by atoms with Gasteiger partial charge in [-0.05, 0) is 49.5 Å². The first kappa shape index (κ1) is 16.9. The van der Waals surface area contributed by atoms with Crippen LogP contribution in [0, 0.1) is 11.3 Å². The van der Waals surface area contributed by atoms with E-state index >= 15 is 0 Å². The first-order valence-corrected chi connectivity index (χ1v) is 9.92. The number of aromatic amines is 1. The van der Waals surface area contributed by atoms with E-state index in [1.807, 2.05) is 35.2 Å². The van der Waals surface area contributed by atoms with E-state index in [2.05, 4.69) is 20.6 Å². The first-order valence-electron chi connectivity index (χ1n) is 9.92. The number of hydrogen-bond donors (Lipinski definition) is 2. The van der Waals surface area contributed by atoms with Gasteiger partial charge < -0.3 is 10.0 Å². The molecule has 3 fully saturated rings. The van der Waals surface area contributed by atoms with Crippen molar-refractivity contribution in [2.24, 2.45) is 11.3 Å². The SMILES string of the molecule is O=C(C1CC2(C1)CC(c1nn[nH]n1)C2)N1CCCC1C(O)c1ccccc1. The molecule has 0 bridgehead atoms. The smallest absolute Gasteiger partial charge is 0.226 e. The van der Waals surface area contributed by atoms with Gasteiger partial charge in [0.2, 0.25) is 5.91 Å². The lowest BCUT2D eigenvalue weighted by molar-refractivity contribution is -0.152. The molecule has 142 valence electrons. The summed E-state index contributed by atoms with van der Waals surface area (Å²) >= 11 is 0. The Morgan fingerprint density at radius 1 is 1.22 bits per heavy atom. The number of likely N-dealkylation sites (tertiary alicyclic amines) is 1. The number of aliphatic hydroxyl groups is 1. The molecule has 7 heteroatoms. The Labute approximate surface area is 158 Å². The molecule has 3 aliphatic rings. The summed E-state index contributed by atoms with van der Waals surface area (Å²) in [7, 11) is 0. The van der Waals surface area contributed by atoms with Gasteiger partial charge in [-0.15, -0.1) is 10.2 Å². The average molecular weight is 367 g/mol. The number of rotatable bonds is 4. The highest BCUT2D eigenvalue weighted by molar-refractivity contribution is 5.80. The highest BCUT2D eigenvalue weighted by Gasteiger charge is 2.57. The van der Waals surface area contributed by atoms with Crippen molar-refractivity contribution in [3.05, 3.63) is 41.7 Å². The fraction of sp³-hybridized carbons (Fsp3) is 0.600. The van der Waals surface area contributed by atoms with E-state index < -0.39 is 6.10 Å². The van der Waals surface area contributed by atoms with E-state index in [0.29, 0.717) is 11.3 Å². The molecule has 27 heavy (non-hydrogen) atoms. The molecule has 1 amide bonds. The van der Waals surface area contributed by atoms with E-state index in [-0.39, 0.29) is 17.9 Å². The Bertz CT molecular complexity index is 795. The number of H-pyrrole nitrogens is 1. The van der Waals surface area contributed by atoms with Crippen LogP contribution >= 0.6 is 0 Å². The predicted molar refractivity (Wildman–Crippen MR) is 97.4 cm³/mol. The lowest BCUT2D eigenvalue weighted by Crippen LogP contribution is -2.53. The van der Waals surface area contributed by atoms with Crippen molar-refractivity contribution in [3.8, 4) is 0 Å². The second kappa shape index (κ2) is 6.41. The van der Waals surface area contributed by atoms with Gasteiger partial charge in [0.15, 0.2) is 5.82 Å². The number of carbonyl (C=O) groups excluding carboxylic acids is 1. The summed E-state index contributed by atoms with van der Waals surface area (Å²) < 4.78 is 0. The van der Waals surface area contributed by atoms with Crippen molar-refractivity contribution >= 4 is 5.91 Å². The molecule has 2 N–H and O–H groups in total. The molecule has 1 aliphatic heterocycles. The molecule has 1 aromatic heterocycles. The predicted octanol–water partition coefficient (Wildman–Crippen LogP) is 2.20. The molecule has 0 radical (unpaired) electrons. The Kier molecular flexibility index (Phi) is 4.00.